The zero-order valence-corrected chi connectivity index (χ0v) is 14.0. The van der Waals surface area contributed by atoms with E-state index in [1.165, 1.54) is 38.5 Å². The lowest BCUT2D eigenvalue weighted by molar-refractivity contribution is 0.207. The fourth-order valence-electron chi connectivity index (χ4n) is 2.78. The van der Waals surface area contributed by atoms with Gasteiger partial charge in [0, 0.05) is 1.43 Å². The molecule has 0 fully saturated rings. The van der Waals surface area contributed by atoms with Gasteiger partial charge in [0.15, 0.2) is 0 Å². The molecule has 0 heteroatoms. The average Bonchev–Trinajstić information content (AvgIpc) is 2.40. The third-order valence-corrected chi connectivity index (χ3v) is 4.54. The van der Waals surface area contributed by atoms with Gasteiger partial charge in [-0.05, 0) is 30.1 Å². The normalized spacial score (nSPS) is 17.2. The fourth-order valence-corrected chi connectivity index (χ4v) is 2.78. The first-order valence-corrected chi connectivity index (χ1v) is 8.06. The molecule has 0 aromatic rings. The smallest absolute Gasteiger partial charge is 0 e. The second kappa shape index (κ2) is 13.2. The van der Waals surface area contributed by atoms with Crippen molar-refractivity contribution >= 4 is 0 Å². The molecule has 4 unspecified atom stereocenters. The summed E-state index contributed by atoms with van der Waals surface area (Å²) in [7, 11) is 0. The van der Waals surface area contributed by atoms with Crippen LogP contribution in [0.4, 0.5) is 0 Å². The minimum absolute atomic E-state index is 0. The minimum Gasteiger partial charge on any atom is -0.106 e. The highest BCUT2D eigenvalue weighted by molar-refractivity contribution is 4.72. The second-order valence-electron chi connectivity index (χ2n) is 5.91. The molecule has 0 amide bonds. The van der Waals surface area contributed by atoms with E-state index in [2.05, 4.69) is 54.7 Å². The van der Waals surface area contributed by atoms with Crippen LogP contribution in [0.5, 0.6) is 0 Å². The lowest BCUT2D eigenvalue weighted by Crippen LogP contribution is -2.20. The topological polar surface area (TPSA) is 0 Å². The fraction of sp³-hybridized carbons (Fsp3) is 0.889. The summed E-state index contributed by atoms with van der Waals surface area (Å²) in [6.07, 6.45) is 8.33. The van der Waals surface area contributed by atoms with Gasteiger partial charge >= 0.3 is 0 Å². The molecule has 18 heavy (non-hydrogen) atoms. The van der Waals surface area contributed by atoms with Gasteiger partial charge < -0.3 is 0 Å². The van der Waals surface area contributed by atoms with E-state index in [4.69, 9.17) is 0 Å². The molecule has 0 radical (unpaired) electrons. The average molecular weight is 257 g/mol. The third kappa shape index (κ3) is 8.78. The maximum atomic E-state index is 3.00. The standard InChI is InChI=1S/C16H34.C2H4.H2/c1-7-10-15(6)16(14(5)9-3)12-11-13(4)8-2;1-2;/h13-16H,7-12H2,1-6H3;1-2H2;1H. The largest absolute Gasteiger partial charge is 0.106 e. The van der Waals surface area contributed by atoms with Crippen molar-refractivity contribution in [2.75, 3.05) is 0 Å². The highest BCUT2D eigenvalue weighted by Crippen LogP contribution is 2.32. The molecule has 0 saturated carbocycles. The Kier molecular flexibility index (Phi) is 14.7. The zero-order chi connectivity index (χ0) is 14.6. The number of hydrogen-bond donors (Lipinski definition) is 0. The van der Waals surface area contributed by atoms with Gasteiger partial charge in [-0.1, -0.05) is 73.6 Å². The summed E-state index contributed by atoms with van der Waals surface area (Å²) < 4.78 is 0. The Morgan fingerprint density at radius 1 is 0.778 bits per heavy atom. The van der Waals surface area contributed by atoms with Crippen LogP contribution < -0.4 is 0 Å². The van der Waals surface area contributed by atoms with E-state index in [9.17, 15) is 0 Å². The van der Waals surface area contributed by atoms with Gasteiger partial charge in [-0.15, -0.1) is 13.2 Å². The summed E-state index contributed by atoms with van der Waals surface area (Å²) >= 11 is 0. The first kappa shape index (κ1) is 20.1. The Morgan fingerprint density at radius 2 is 1.33 bits per heavy atom. The van der Waals surface area contributed by atoms with E-state index < -0.39 is 0 Å². The summed E-state index contributed by atoms with van der Waals surface area (Å²) in [5.74, 6) is 3.70. The van der Waals surface area contributed by atoms with Gasteiger partial charge in [0.25, 0.3) is 0 Å². The predicted molar refractivity (Wildman–Crippen MR) is 89.1 cm³/mol. The van der Waals surface area contributed by atoms with Crippen molar-refractivity contribution in [3.63, 3.8) is 0 Å². The van der Waals surface area contributed by atoms with Crippen LogP contribution in [-0.2, 0) is 0 Å². The zero-order valence-electron chi connectivity index (χ0n) is 14.0. The molecule has 0 bridgehead atoms. The minimum atomic E-state index is 0. The van der Waals surface area contributed by atoms with Crippen LogP contribution >= 0.6 is 0 Å². The first-order valence-electron chi connectivity index (χ1n) is 8.06. The SMILES string of the molecule is C=C.CCCC(C)C(CCC(C)CC)C(C)CC.[HH]. The molecule has 0 nitrogen and oxygen atoms in total. The Morgan fingerprint density at radius 3 is 1.72 bits per heavy atom. The molecule has 0 aliphatic rings. The molecular weight excluding hydrogens is 216 g/mol. The summed E-state index contributed by atoms with van der Waals surface area (Å²) in [4.78, 5) is 0. The van der Waals surface area contributed by atoms with E-state index in [-0.39, 0.29) is 1.43 Å². The van der Waals surface area contributed by atoms with E-state index in [0.717, 1.165) is 23.7 Å². The van der Waals surface area contributed by atoms with Crippen molar-refractivity contribution in [1.82, 2.24) is 0 Å². The maximum absolute atomic E-state index is 3.00. The lowest BCUT2D eigenvalue weighted by atomic mass is 9.76. The lowest BCUT2D eigenvalue weighted by Gasteiger charge is -2.30. The summed E-state index contributed by atoms with van der Waals surface area (Å²) in [5.41, 5.74) is 0. The van der Waals surface area contributed by atoms with Gasteiger partial charge in [0.1, 0.15) is 0 Å². The Balaban J connectivity index is -0.000000809. The van der Waals surface area contributed by atoms with Gasteiger partial charge in [0.2, 0.25) is 0 Å². The van der Waals surface area contributed by atoms with Gasteiger partial charge in [-0.2, -0.15) is 0 Å². The van der Waals surface area contributed by atoms with Crippen LogP contribution in [0.25, 0.3) is 0 Å². The van der Waals surface area contributed by atoms with Crippen LogP contribution in [0, 0.1) is 23.7 Å². The van der Waals surface area contributed by atoms with Crippen molar-refractivity contribution < 1.29 is 1.43 Å². The summed E-state index contributed by atoms with van der Waals surface area (Å²) in [5, 5.41) is 0. The first-order chi connectivity index (χ1) is 8.56. The predicted octanol–water partition coefficient (Wildman–Crippen LogP) is 6.96. The van der Waals surface area contributed by atoms with Crippen LogP contribution in [0.3, 0.4) is 0 Å². The summed E-state index contributed by atoms with van der Waals surface area (Å²) in [6.45, 7) is 20.3. The second-order valence-corrected chi connectivity index (χ2v) is 5.91. The molecule has 0 rings (SSSR count). The Labute approximate surface area is 119 Å². The number of hydrogen-bond acceptors (Lipinski definition) is 0. The van der Waals surface area contributed by atoms with Crippen LogP contribution in [0.15, 0.2) is 13.2 Å². The molecule has 0 aliphatic heterocycles. The van der Waals surface area contributed by atoms with Crippen molar-refractivity contribution in [3.05, 3.63) is 13.2 Å². The van der Waals surface area contributed by atoms with Gasteiger partial charge in [-0.25, -0.2) is 0 Å². The van der Waals surface area contributed by atoms with E-state index >= 15 is 0 Å². The van der Waals surface area contributed by atoms with E-state index in [1.807, 2.05) is 0 Å². The molecule has 0 aromatic heterocycles. The molecule has 0 aliphatic carbocycles. The van der Waals surface area contributed by atoms with Crippen LogP contribution in [0.2, 0.25) is 0 Å². The molecular formula is C18H40. The van der Waals surface area contributed by atoms with Crippen LogP contribution in [0.1, 0.15) is 81.5 Å². The quantitative estimate of drug-likeness (QED) is 0.391. The van der Waals surface area contributed by atoms with Crippen molar-refractivity contribution in [2.24, 2.45) is 23.7 Å². The van der Waals surface area contributed by atoms with E-state index in [1.54, 1.807) is 0 Å². The molecule has 0 N–H and O–H groups in total. The van der Waals surface area contributed by atoms with Crippen molar-refractivity contribution in [2.45, 2.75) is 80.1 Å². The van der Waals surface area contributed by atoms with Crippen molar-refractivity contribution in [3.8, 4) is 0 Å². The molecule has 4 atom stereocenters. The summed E-state index contributed by atoms with van der Waals surface area (Å²) in [6, 6.07) is 0. The van der Waals surface area contributed by atoms with Crippen molar-refractivity contribution in [1.29, 1.82) is 0 Å². The number of rotatable bonds is 9. The molecule has 112 valence electrons. The van der Waals surface area contributed by atoms with Gasteiger partial charge in [-0.3, -0.25) is 0 Å². The molecule has 0 spiro atoms. The van der Waals surface area contributed by atoms with Gasteiger partial charge in [0.05, 0.1) is 0 Å². The molecule has 0 heterocycles. The highest BCUT2D eigenvalue weighted by atomic mass is 14.3. The molecule has 0 saturated heterocycles. The Bertz CT molecular complexity index is 167. The Hall–Kier alpha value is -0.260. The maximum Gasteiger partial charge on any atom is 0 e. The van der Waals surface area contributed by atoms with Crippen LogP contribution in [-0.4, -0.2) is 0 Å². The molecule has 0 aromatic carbocycles. The monoisotopic (exact) mass is 256 g/mol. The highest BCUT2D eigenvalue weighted by Gasteiger charge is 2.22. The van der Waals surface area contributed by atoms with E-state index in [0.29, 0.717) is 0 Å². The third-order valence-electron chi connectivity index (χ3n) is 4.54.